The van der Waals surface area contributed by atoms with Gasteiger partial charge in [-0.1, -0.05) is 19.9 Å². The van der Waals surface area contributed by atoms with E-state index in [0.29, 0.717) is 0 Å². The third-order valence-electron chi connectivity index (χ3n) is 2.87. The molecule has 1 aromatic rings. The summed E-state index contributed by atoms with van der Waals surface area (Å²) in [5.41, 5.74) is 8.72. The Bertz CT molecular complexity index is 344. The van der Waals surface area contributed by atoms with Crippen molar-refractivity contribution in [3.63, 3.8) is 0 Å². The smallest absolute Gasteiger partial charge is 0.0802 e. The molecule has 0 aliphatic heterocycles. The lowest BCUT2D eigenvalue weighted by Gasteiger charge is -2.18. The van der Waals surface area contributed by atoms with Crippen LogP contribution in [0.4, 0.5) is 5.69 Å². The number of fused-ring (bicyclic) bond motifs is 1. The highest BCUT2D eigenvalue weighted by Crippen LogP contribution is 2.44. The van der Waals surface area contributed by atoms with Gasteiger partial charge in [0.05, 0.1) is 6.10 Å². The van der Waals surface area contributed by atoms with Gasteiger partial charge in [-0.15, -0.1) is 0 Å². The zero-order valence-electron chi connectivity index (χ0n) is 8.04. The number of nitrogens with two attached hydrogens (primary N) is 1. The van der Waals surface area contributed by atoms with Gasteiger partial charge in [0.1, 0.15) is 0 Å². The van der Waals surface area contributed by atoms with Crippen LogP contribution in [0.2, 0.25) is 0 Å². The molecule has 0 spiro atoms. The fraction of sp³-hybridized carbons (Fsp3) is 0.455. The molecule has 0 unspecified atom stereocenters. The molecule has 0 fully saturated rings. The lowest BCUT2D eigenvalue weighted by Crippen LogP contribution is -2.12. The minimum absolute atomic E-state index is 0.0858. The molecule has 0 amide bonds. The topological polar surface area (TPSA) is 46.2 Å². The summed E-state index contributed by atoms with van der Waals surface area (Å²) in [4.78, 5) is 0. The van der Waals surface area contributed by atoms with E-state index in [1.807, 2.05) is 18.2 Å². The average Bonchev–Trinajstić information content (AvgIpc) is 2.22. The Morgan fingerprint density at radius 2 is 2.15 bits per heavy atom. The molecule has 1 atom stereocenters. The summed E-state index contributed by atoms with van der Waals surface area (Å²) in [6.45, 7) is 4.30. The Morgan fingerprint density at radius 1 is 1.46 bits per heavy atom. The normalized spacial score (nSPS) is 24.4. The Balaban J connectivity index is 2.59. The molecule has 0 saturated heterocycles. The molecule has 1 aromatic carbocycles. The summed E-state index contributed by atoms with van der Waals surface area (Å²) in [5, 5.41) is 9.79. The van der Waals surface area contributed by atoms with Crippen LogP contribution in [-0.2, 0) is 5.41 Å². The van der Waals surface area contributed by atoms with Gasteiger partial charge in [-0.25, -0.2) is 0 Å². The first-order valence-electron chi connectivity index (χ1n) is 4.59. The SMILES string of the molecule is CC1(C)C[C@H](O)c2cc(N)ccc21. The first-order chi connectivity index (χ1) is 6.00. The number of nitrogen functional groups attached to an aromatic ring is 1. The van der Waals surface area contributed by atoms with Crippen molar-refractivity contribution in [2.75, 3.05) is 5.73 Å². The van der Waals surface area contributed by atoms with E-state index in [2.05, 4.69) is 13.8 Å². The van der Waals surface area contributed by atoms with E-state index in [1.165, 1.54) is 5.56 Å². The van der Waals surface area contributed by atoms with Gasteiger partial charge < -0.3 is 10.8 Å². The van der Waals surface area contributed by atoms with Crippen LogP contribution >= 0.6 is 0 Å². The van der Waals surface area contributed by atoms with E-state index in [0.717, 1.165) is 17.7 Å². The largest absolute Gasteiger partial charge is 0.399 e. The molecular formula is C11H15NO. The van der Waals surface area contributed by atoms with Crippen LogP contribution in [-0.4, -0.2) is 5.11 Å². The molecule has 2 rings (SSSR count). The van der Waals surface area contributed by atoms with Gasteiger partial charge in [0.2, 0.25) is 0 Å². The fourth-order valence-electron chi connectivity index (χ4n) is 2.18. The number of aliphatic hydroxyl groups excluding tert-OH is 1. The van der Waals surface area contributed by atoms with Crippen molar-refractivity contribution >= 4 is 5.69 Å². The van der Waals surface area contributed by atoms with Crippen LogP contribution in [0, 0.1) is 0 Å². The van der Waals surface area contributed by atoms with E-state index in [-0.39, 0.29) is 11.5 Å². The van der Waals surface area contributed by atoms with E-state index >= 15 is 0 Å². The van der Waals surface area contributed by atoms with Crippen molar-refractivity contribution in [1.29, 1.82) is 0 Å². The molecule has 2 nitrogen and oxygen atoms in total. The first kappa shape index (κ1) is 8.57. The van der Waals surface area contributed by atoms with Gasteiger partial charge >= 0.3 is 0 Å². The number of benzene rings is 1. The quantitative estimate of drug-likeness (QED) is 0.595. The van der Waals surface area contributed by atoms with Crippen molar-refractivity contribution in [1.82, 2.24) is 0 Å². The molecule has 70 valence electrons. The lowest BCUT2D eigenvalue weighted by molar-refractivity contribution is 0.161. The maximum atomic E-state index is 9.79. The number of anilines is 1. The van der Waals surface area contributed by atoms with Gasteiger partial charge in [-0.05, 0) is 35.1 Å². The summed E-state index contributed by atoms with van der Waals surface area (Å²) in [5.74, 6) is 0. The Kier molecular flexibility index (Phi) is 1.64. The lowest BCUT2D eigenvalue weighted by atomic mass is 9.86. The molecule has 1 aliphatic carbocycles. The maximum Gasteiger partial charge on any atom is 0.0802 e. The van der Waals surface area contributed by atoms with Crippen LogP contribution in [0.3, 0.4) is 0 Å². The molecule has 3 N–H and O–H groups in total. The van der Waals surface area contributed by atoms with Gasteiger partial charge in [0, 0.05) is 5.69 Å². The minimum atomic E-state index is -0.339. The van der Waals surface area contributed by atoms with Crippen molar-refractivity contribution in [2.45, 2.75) is 31.8 Å². The maximum absolute atomic E-state index is 9.79. The number of hydrogen-bond donors (Lipinski definition) is 2. The zero-order chi connectivity index (χ0) is 9.64. The monoisotopic (exact) mass is 177 g/mol. The van der Waals surface area contributed by atoms with Crippen molar-refractivity contribution in [2.24, 2.45) is 0 Å². The van der Waals surface area contributed by atoms with Crippen LogP contribution < -0.4 is 5.73 Å². The third kappa shape index (κ3) is 1.22. The number of aliphatic hydroxyl groups is 1. The fourth-order valence-corrected chi connectivity index (χ4v) is 2.18. The standard InChI is InChI=1S/C11H15NO/c1-11(2)6-10(13)8-5-7(12)3-4-9(8)11/h3-5,10,13H,6,12H2,1-2H3/t10-/m0/s1. The summed E-state index contributed by atoms with van der Waals surface area (Å²) < 4.78 is 0. The minimum Gasteiger partial charge on any atom is -0.399 e. The average molecular weight is 177 g/mol. The van der Waals surface area contributed by atoms with Crippen LogP contribution in [0.5, 0.6) is 0 Å². The van der Waals surface area contributed by atoms with Crippen molar-refractivity contribution in [3.8, 4) is 0 Å². The summed E-state index contributed by atoms with van der Waals surface area (Å²) in [7, 11) is 0. The van der Waals surface area contributed by atoms with Crippen molar-refractivity contribution < 1.29 is 5.11 Å². The van der Waals surface area contributed by atoms with E-state index in [9.17, 15) is 5.11 Å². The highest BCUT2D eigenvalue weighted by Gasteiger charge is 2.35. The summed E-state index contributed by atoms with van der Waals surface area (Å²) in [6, 6.07) is 5.81. The molecule has 0 bridgehead atoms. The summed E-state index contributed by atoms with van der Waals surface area (Å²) in [6.07, 6.45) is 0.458. The second-order valence-electron chi connectivity index (χ2n) is 4.45. The molecular weight excluding hydrogens is 162 g/mol. The molecule has 1 aliphatic rings. The second-order valence-corrected chi connectivity index (χ2v) is 4.45. The van der Waals surface area contributed by atoms with Gasteiger partial charge in [0.25, 0.3) is 0 Å². The molecule has 0 saturated carbocycles. The van der Waals surface area contributed by atoms with Gasteiger partial charge in [0.15, 0.2) is 0 Å². The van der Waals surface area contributed by atoms with Gasteiger partial charge in [-0.2, -0.15) is 0 Å². The van der Waals surface area contributed by atoms with Crippen LogP contribution in [0.25, 0.3) is 0 Å². The Labute approximate surface area is 78.4 Å². The Morgan fingerprint density at radius 3 is 2.85 bits per heavy atom. The number of rotatable bonds is 0. The number of hydrogen-bond acceptors (Lipinski definition) is 2. The predicted molar refractivity (Wildman–Crippen MR) is 53.5 cm³/mol. The first-order valence-corrected chi connectivity index (χ1v) is 4.59. The predicted octanol–water partition coefficient (Wildman–Crippen LogP) is 1.98. The van der Waals surface area contributed by atoms with Gasteiger partial charge in [-0.3, -0.25) is 0 Å². The molecule has 2 heteroatoms. The van der Waals surface area contributed by atoms with Crippen LogP contribution in [0.15, 0.2) is 18.2 Å². The van der Waals surface area contributed by atoms with E-state index < -0.39 is 0 Å². The Hall–Kier alpha value is -1.02. The van der Waals surface area contributed by atoms with Crippen LogP contribution in [0.1, 0.15) is 37.5 Å². The molecule has 13 heavy (non-hydrogen) atoms. The zero-order valence-corrected chi connectivity index (χ0v) is 8.04. The highest BCUT2D eigenvalue weighted by molar-refractivity contribution is 5.50. The second kappa shape index (κ2) is 2.48. The third-order valence-corrected chi connectivity index (χ3v) is 2.87. The molecule has 0 radical (unpaired) electrons. The summed E-state index contributed by atoms with van der Waals surface area (Å²) >= 11 is 0. The van der Waals surface area contributed by atoms with E-state index in [4.69, 9.17) is 5.73 Å². The molecule has 0 heterocycles. The molecule has 0 aromatic heterocycles. The highest BCUT2D eigenvalue weighted by atomic mass is 16.3. The van der Waals surface area contributed by atoms with E-state index in [1.54, 1.807) is 0 Å². The van der Waals surface area contributed by atoms with Crippen molar-refractivity contribution in [3.05, 3.63) is 29.3 Å².